The van der Waals surface area contributed by atoms with Gasteiger partial charge in [0.1, 0.15) is 0 Å². The van der Waals surface area contributed by atoms with Gasteiger partial charge in [0.15, 0.2) is 0 Å². The van der Waals surface area contributed by atoms with Gasteiger partial charge >= 0.3 is 0 Å². The van der Waals surface area contributed by atoms with Crippen molar-refractivity contribution in [1.82, 2.24) is 0 Å². The van der Waals surface area contributed by atoms with Gasteiger partial charge in [-0.2, -0.15) is 0 Å². The number of benzene rings is 1. The van der Waals surface area contributed by atoms with Crippen molar-refractivity contribution in [3.05, 3.63) is 34.4 Å². The molecule has 0 aliphatic heterocycles. The van der Waals surface area contributed by atoms with Crippen LogP contribution in [-0.4, -0.2) is 11.2 Å². The van der Waals surface area contributed by atoms with E-state index < -0.39 is 0 Å². The van der Waals surface area contributed by atoms with Gasteiger partial charge in [0.2, 0.25) is 0 Å². The van der Waals surface area contributed by atoms with Crippen LogP contribution in [0.5, 0.6) is 0 Å². The molecule has 1 unspecified atom stereocenters. The van der Waals surface area contributed by atoms with Crippen molar-refractivity contribution in [1.29, 1.82) is 0 Å². The van der Waals surface area contributed by atoms with E-state index in [-0.39, 0.29) is 6.10 Å². The van der Waals surface area contributed by atoms with E-state index in [1.54, 1.807) is 0 Å². The second-order valence-electron chi connectivity index (χ2n) is 4.14. The highest BCUT2D eigenvalue weighted by Crippen LogP contribution is 2.18. The molecule has 0 radical (unpaired) electrons. The zero-order chi connectivity index (χ0) is 10.7. The summed E-state index contributed by atoms with van der Waals surface area (Å²) in [5.41, 5.74) is 5.21. The number of aryl methyl sites for hydroxylation is 3. The van der Waals surface area contributed by atoms with E-state index in [4.69, 9.17) is 0 Å². The van der Waals surface area contributed by atoms with Gasteiger partial charge in [-0.25, -0.2) is 0 Å². The van der Waals surface area contributed by atoms with Crippen LogP contribution in [0.1, 0.15) is 35.6 Å². The topological polar surface area (TPSA) is 20.2 Å². The fraction of sp³-hybridized carbons (Fsp3) is 0.538. The number of hydrogen-bond acceptors (Lipinski definition) is 1. The van der Waals surface area contributed by atoms with Crippen molar-refractivity contribution < 1.29 is 5.11 Å². The number of aliphatic hydroxyl groups excluding tert-OH is 1. The largest absolute Gasteiger partial charge is 0.393 e. The Kier molecular flexibility index (Phi) is 3.70. The van der Waals surface area contributed by atoms with E-state index in [1.807, 2.05) is 6.92 Å². The molecule has 1 heteroatoms. The van der Waals surface area contributed by atoms with Crippen LogP contribution in [0.4, 0.5) is 0 Å². The summed E-state index contributed by atoms with van der Waals surface area (Å²) in [4.78, 5) is 0. The van der Waals surface area contributed by atoms with Gasteiger partial charge < -0.3 is 5.11 Å². The SMILES string of the molecule is CCC(O)Cc1c(C)cc(C)cc1C. The fourth-order valence-electron chi connectivity index (χ4n) is 1.91. The van der Waals surface area contributed by atoms with E-state index in [0.29, 0.717) is 0 Å². The molecule has 0 bridgehead atoms. The molecule has 0 aliphatic carbocycles. The summed E-state index contributed by atoms with van der Waals surface area (Å²) in [6.45, 7) is 8.37. The molecule has 1 aromatic carbocycles. The smallest absolute Gasteiger partial charge is 0.0578 e. The molecule has 0 saturated carbocycles. The molecule has 0 spiro atoms. The second-order valence-corrected chi connectivity index (χ2v) is 4.14. The third-order valence-corrected chi connectivity index (χ3v) is 2.75. The van der Waals surface area contributed by atoms with Crippen molar-refractivity contribution in [3.8, 4) is 0 Å². The first-order chi connectivity index (χ1) is 6.54. The lowest BCUT2D eigenvalue weighted by atomic mass is 9.95. The van der Waals surface area contributed by atoms with Gasteiger partial charge in [0.05, 0.1) is 6.10 Å². The Balaban J connectivity index is 2.96. The van der Waals surface area contributed by atoms with Crippen molar-refractivity contribution in [2.75, 3.05) is 0 Å². The summed E-state index contributed by atoms with van der Waals surface area (Å²) in [5, 5.41) is 9.63. The summed E-state index contributed by atoms with van der Waals surface area (Å²) in [6.07, 6.45) is 1.41. The van der Waals surface area contributed by atoms with Crippen LogP contribution >= 0.6 is 0 Å². The Morgan fingerprint density at radius 3 is 2.07 bits per heavy atom. The standard InChI is InChI=1S/C13H20O/c1-5-12(14)8-13-10(3)6-9(2)7-11(13)4/h6-7,12,14H,5,8H2,1-4H3. The van der Waals surface area contributed by atoms with E-state index in [1.165, 1.54) is 22.3 Å². The normalized spacial score (nSPS) is 12.9. The highest BCUT2D eigenvalue weighted by atomic mass is 16.3. The Morgan fingerprint density at radius 1 is 1.14 bits per heavy atom. The first-order valence-electron chi connectivity index (χ1n) is 5.29. The zero-order valence-corrected chi connectivity index (χ0v) is 9.59. The molecule has 1 aromatic rings. The van der Waals surface area contributed by atoms with E-state index in [0.717, 1.165) is 12.8 Å². The van der Waals surface area contributed by atoms with Crippen molar-refractivity contribution in [3.63, 3.8) is 0 Å². The van der Waals surface area contributed by atoms with Crippen LogP contribution in [0, 0.1) is 20.8 Å². The first kappa shape index (κ1) is 11.3. The monoisotopic (exact) mass is 192 g/mol. The number of rotatable bonds is 3. The average Bonchev–Trinajstić information content (AvgIpc) is 2.10. The van der Waals surface area contributed by atoms with Crippen LogP contribution in [0.15, 0.2) is 12.1 Å². The highest BCUT2D eigenvalue weighted by molar-refractivity contribution is 5.37. The van der Waals surface area contributed by atoms with Gasteiger partial charge in [-0.05, 0) is 50.3 Å². The molecule has 78 valence electrons. The third kappa shape index (κ3) is 2.58. The van der Waals surface area contributed by atoms with Crippen molar-refractivity contribution in [2.24, 2.45) is 0 Å². The first-order valence-corrected chi connectivity index (χ1v) is 5.29. The maximum absolute atomic E-state index is 9.63. The molecule has 1 rings (SSSR count). The minimum atomic E-state index is -0.199. The molecular weight excluding hydrogens is 172 g/mol. The van der Waals surface area contributed by atoms with Crippen LogP contribution in [0.2, 0.25) is 0 Å². The van der Waals surface area contributed by atoms with Gasteiger partial charge in [0, 0.05) is 0 Å². The fourth-order valence-corrected chi connectivity index (χ4v) is 1.91. The molecule has 1 atom stereocenters. The second kappa shape index (κ2) is 4.61. The summed E-state index contributed by atoms with van der Waals surface area (Å²) in [7, 11) is 0. The van der Waals surface area contributed by atoms with E-state index in [2.05, 4.69) is 32.9 Å². The van der Waals surface area contributed by atoms with E-state index >= 15 is 0 Å². The predicted octanol–water partition coefficient (Wildman–Crippen LogP) is 2.93. The van der Waals surface area contributed by atoms with Crippen molar-refractivity contribution >= 4 is 0 Å². The molecule has 1 N–H and O–H groups in total. The number of hydrogen-bond donors (Lipinski definition) is 1. The van der Waals surface area contributed by atoms with Gasteiger partial charge in [-0.1, -0.05) is 24.6 Å². The Bertz CT molecular complexity index is 292. The lowest BCUT2D eigenvalue weighted by molar-refractivity contribution is 0.170. The highest BCUT2D eigenvalue weighted by Gasteiger charge is 2.08. The molecule has 14 heavy (non-hydrogen) atoms. The molecule has 0 saturated heterocycles. The molecule has 0 heterocycles. The molecule has 0 aliphatic rings. The summed E-state index contributed by atoms with van der Waals surface area (Å²) < 4.78 is 0. The Morgan fingerprint density at radius 2 is 1.64 bits per heavy atom. The van der Waals surface area contributed by atoms with E-state index in [9.17, 15) is 5.11 Å². The van der Waals surface area contributed by atoms with Gasteiger partial charge in [0.25, 0.3) is 0 Å². The lowest BCUT2D eigenvalue weighted by Crippen LogP contribution is -2.10. The van der Waals surface area contributed by atoms with Crippen LogP contribution in [-0.2, 0) is 6.42 Å². The Hall–Kier alpha value is -0.820. The summed E-state index contributed by atoms with van der Waals surface area (Å²) in [6, 6.07) is 4.37. The predicted molar refractivity (Wildman–Crippen MR) is 60.7 cm³/mol. The number of aliphatic hydroxyl groups is 1. The minimum Gasteiger partial charge on any atom is -0.393 e. The van der Waals surface area contributed by atoms with Crippen LogP contribution < -0.4 is 0 Å². The van der Waals surface area contributed by atoms with Gasteiger partial charge in [-0.15, -0.1) is 0 Å². The third-order valence-electron chi connectivity index (χ3n) is 2.75. The maximum Gasteiger partial charge on any atom is 0.0578 e. The van der Waals surface area contributed by atoms with Crippen LogP contribution in [0.3, 0.4) is 0 Å². The Labute approximate surface area is 86.8 Å². The van der Waals surface area contributed by atoms with Crippen LogP contribution in [0.25, 0.3) is 0 Å². The van der Waals surface area contributed by atoms with Gasteiger partial charge in [-0.3, -0.25) is 0 Å². The molecule has 1 nitrogen and oxygen atoms in total. The molecule has 0 amide bonds. The minimum absolute atomic E-state index is 0.199. The zero-order valence-electron chi connectivity index (χ0n) is 9.59. The maximum atomic E-state index is 9.63. The molecular formula is C13H20O. The average molecular weight is 192 g/mol. The molecule has 0 fully saturated rings. The lowest BCUT2D eigenvalue weighted by Gasteiger charge is -2.14. The van der Waals surface area contributed by atoms with Crippen molar-refractivity contribution in [2.45, 2.75) is 46.6 Å². The quantitative estimate of drug-likeness (QED) is 0.780. The summed E-state index contributed by atoms with van der Waals surface area (Å²) >= 11 is 0. The molecule has 0 aromatic heterocycles. The summed E-state index contributed by atoms with van der Waals surface area (Å²) in [5.74, 6) is 0.